The van der Waals surface area contributed by atoms with Crippen LogP contribution in [-0.4, -0.2) is 54.8 Å². The lowest BCUT2D eigenvalue weighted by atomic mass is 9.98. The number of aromatic nitrogens is 9. The minimum atomic E-state index is -0.170. The van der Waals surface area contributed by atoms with Crippen molar-refractivity contribution in [3.05, 3.63) is 326 Å². The van der Waals surface area contributed by atoms with E-state index in [1.807, 2.05) is 24.3 Å². The molecular formula is C93H67BrClN11O2. The minimum absolute atomic E-state index is 0. The first kappa shape index (κ1) is 66.7. The second kappa shape index (κ2) is 28.0. The number of carbonyl (C=O) groups excluding carboxylic acids is 2. The number of benzene rings is 14. The molecule has 13 nitrogen and oxygen atoms in total. The number of carbonyl (C=O) groups is 2. The number of aromatic amines is 2. The van der Waals surface area contributed by atoms with Gasteiger partial charge in [0.2, 0.25) is 11.9 Å². The van der Waals surface area contributed by atoms with E-state index < -0.39 is 0 Å². The van der Waals surface area contributed by atoms with Crippen molar-refractivity contribution >= 4 is 176 Å². The van der Waals surface area contributed by atoms with Crippen molar-refractivity contribution in [1.29, 1.82) is 0 Å². The Hall–Kier alpha value is -13.2. The molecular weight excluding hydrogens is 1420 g/mol. The highest BCUT2D eigenvalue weighted by atomic mass is 79.9. The molecule has 0 unspecified atom stereocenters. The van der Waals surface area contributed by atoms with E-state index >= 15 is 0 Å². The smallest absolute Gasteiger partial charge is 0.240 e. The number of nitrogens with two attached hydrogens (primary N) is 1. The van der Waals surface area contributed by atoms with Crippen molar-refractivity contribution in [2.45, 2.75) is 25.7 Å². The molecule has 1 saturated carbocycles. The molecule has 0 spiro atoms. The van der Waals surface area contributed by atoms with Gasteiger partial charge in [-0.25, -0.2) is 0 Å². The molecule has 0 bridgehead atoms. The van der Waals surface area contributed by atoms with Gasteiger partial charge in [-0.05, 0) is 113 Å². The highest BCUT2D eigenvalue weighted by Gasteiger charge is 2.27. The van der Waals surface area contributed by atoms with Gasteiger partial charge in [-0.2, -0.15) is 15.0 Å². The Balaban J connectivity index is 0.000000175. The summed E-state index contributed by atoms with van der Waals surface area (Å²) >= 11 is 3.31. The maximum Gasteiger partial charge on any atom is 0.240 e. The van der Waals surface area contributed by atoms with Crippen LogP contribution in [0.5, 0.6) is 0 Å². The number of hydrazine groups is 1. The van der Waals surface area contributed by atoms with Crippen molar-refractivity contribution in [2.75, 3.05) is 5.43 Å². The third kappa shape index (κ3) is 11.4. The number of ketones is 2. The summed E-state index contributed by atoms with van der Waals surface area (Å²) in [5.41, 5.74) is 22.0. The summed E-state index contributed by atoms with van der Waals surface area (Å²) in [5, 5.41) is 14.2. The summed E-state index contributed by atoms with van der Waals surface area (Å²) in [6, 6.07) is 113. The van der Waals surface area contributed by atoms with Crippen LogP contribution in [0.15, 0.2) is 326 Å². The molecule has 22 rings (SSSR count). The Bertz CT molecular complexity index is 6700. The molecule has 1 aliphatic carbocycles. The Morgan fingerprint density at radius 2 is 0.639 bits per heavy atom. The molecule has 5 N–H and O–H groups in total. The first-order valence-corrected chi connectivity index (χ1v) is 36.7. The average Bonchev–Trinajstić information content (AvgIpc) is 1.55. The van der Waals surface area contributed by atoms with Crippen LogP contribution < -0.4 is 11.3 Å². The van der Waals surface area contributed by atoms with Gasteiger partial charge in [-0.1, -0.05) is 249 Å². The second-order valence-corrected chi connectivity index (χ2v) is 27.8. The molecule has 0 saturated heterocycles. The lowest BCUT2D eigenvalue weighted by molar-refractivity contribution is -0.137. The van der Waals surface area contributed by atoms with Crippen molar-refractivity contribution < 1.29 is 9.59 Å². The number of H-pyrrole nitrogens is 2. The summed E-state index contributed by atoms with van der Waals surface area (Å²) in [5.74, 6) is 6.45. The predicted octanol–water partition coefficient (Wildman–Crippen LogP) is 23.4. The number of halogens is 2. The zero-order chi connectivity index (χ0) is 71.6. The fourth-order valence-electron chi connectivity index (χ4n) is 15.9. The molecule has 14 aromatic carbocycles. The average molecular weight is 1490 g/mol. The molecule has 7 heterocycles. The van der Waals surface area contributed by atoms with Gasteiger partial charge in [-0.3, -0.25) is 24.6 Å². The molecule has 0 radical (unpaired) electrons. The standard InChI is InChI=1S/C63H39N7.C18H12N2.C6H7BrN2.C6H8O2.ClH/c1-4-18-40(19-5-1)41-32-34-42(35-33-41)61-64-62(69-55-30-16-12-26-47(55)51-38-36-49-45-24-10-14-28-53(45)67(57(49)59(51)69)43-20-6-2-7-21-43)66-63(65-61)70-56-31-17-13-27-48(56)52-39-37-50-46-25-11-15-29-54(46)68(58(50)60(52)70)44-22-8-3-9-23-44;1-3-7-15-11(5-1)13-9-10-14-12-6-2-4-8-16(12)20-18(14)17(13)19-15;7-5-3-1-2-4-6(5)9-8;7-5-3-1-2-4-6(5)8;/h1-39H;1-10,19-20H;1-4,9H,8H2;1-4H2;1H. The normalized spacial score (nSPS) is 12.4. The number of hydrogen-bond acceptors (Lipinski definition) is 7. The predicted molar refractivity (Wildman–Crippen MR) is 451 cm³/mol. The molecule has 0 atom stereocenters. The Morgan fingerprint density at radius 3 is 1.04 bits per heavy atom. The monoisotopic (exact) mass is 1480 g/mol. The Morgan fingerprint density at radius 1 is 0.315 bits per heavy atom. The maximum atomic E-state index is 10.4. The second-order valence-electron chi connectivity index (χ2n) is 26.9. The zero-order valence-corrected chi connectivity index (χ0v) is 60.6. The van der Waals surface area contributed by atoms with Gasteiger partial charge < -0.3 is 24.5 Å². The number of anilines is 1. The fourth-order valence-corrected chi connectivity index (χ4v) is 16.3. The third-order valence-electron chi connectivity index (χ3n) is 20.8. The molecule has 0 aliphatic heterocycles. The van der Waals surface area contributed by atoms with Crippen LogP contribution in [0.1, 0.15) is 25.7 Å². The van der Waals surface area contributed by atoms with E-state index in [0.29, 0.717) is 30.6 Å². The highest BCUT2D eigenvalue weighted by Crippen LogP contribution is 2.45. The van der Waals surface area contributed by atoms with E-state index in [4.69, 9.17) is 20.8 Å². The van der Waals surface area contributed by atoms with Gasteiger partial charge in [0.1, 0.15) is 0 Å². The van der Waals surface area contributed by atoms with Crippen molar-refractivity contribution in [3.63, 3.8) is 0 Å². The maximum absolute atomic E-state index is 10.4. The minimum Gasteiger partial charge on any atom is -0.353 e. The van der Waals surface area contributed by atoms with Crippen LogP contribution in [0, 0.1) is 0 Å². The summed E-state index contributed by atoms with van der Waals surface area (Å²) in [6.45, 7) is 0. The van der Waals surface area contributed by atoms with E-state index in [2.05, 4.69) is 347 Å². The number of rotatable bonds is 7. The topological polar surface area (TPSA) is 162 Å². The number of fused-ring (bicyclic) bond motifs is 21. The van der Waals surface area contributed by atoms with Gasteiger partial charge in [0.05, 0.1) is 60.9 Å². The number of Topliss-reactive ketones (excluding diaryl/α,β-unsaturated/α-hetero) is 2. The number of nitrogens with one attached hydrogen (secondary N) is 3. The lowest BCUT2D eigenvalue weighted by Gasteiger charge is -2.15. The molecule has 1 fully saturated rings. The quantitative estimate of drug-likeness (QED) is 0.0701. The fraction of sp³-hybridized carbons (Fsp3) is 0.0430. The van der Waals surface area contributed by atoms with Crippen LogP contribution in [-0.2, 0) is 9.59 Å². The van der Waals surface area contributed by atoms with E-state index in [-0.39, 0.29) is 24.0 Å². The van der Waals surface area contributed by atoms with Crippen LogP contribution in [0.2, 0.25) is 0 Å². The molecule has 7 aromatic heterocycles. The number of hydrogen-bond donors (Lipinski definition) is 4. The van der Waals surface area contributed by atoms with Gasteiger partial charge in [-0.15, -0.1) is 12.4 Å². The SMILES string of the molecule is Cl.NNc1ccccc1Br.O=C1CCCCC1=O.c1ccc(-c2ccc(-c3nc(-n4c5ccccc5c5ccc6c7ccccc7n(-c7ccccc7)c6c54)nc(-n4c5ccccc5c5ccc6c7ccccc7n(-c7ccccc7)c6c54)n3)cc2)cc1.c1ccc2c(c1)[nH]c1c2ccc2c3ccccc3[nH]c21. The number of nitrogen functional groups attached to an aromatic ring is 1. The summed E-state index contributed by atoms with van der Waals surface area (Å²) < 4.78 is 10.3. The molecule has 108 heavy (non-hydrogen) atoms. The van der Waals surface area contributed by atoms with Gasteiger partial charge in [0.25, 0.3) is 0 Å². The number of para-hydroxylation sites is 9. The largest absolute Gasteiger partial charge is 0.353 e. The molecule has 15 heteroatoms. The zero-order valence-electron chi connectivity index (χ0n) is 58.2. The third-order valence-corrected chi connectivity index (χ3v) is 21.5. The Kier molecular flexibility index (Phi) is 17.3. The van der Waals surface area contributed by atoms with Gasteiger partial charge in [0, 0.05) is 110 Å². The molecule has 21 aromatic rings. The van der Waals surface area contributed by atoms with Gasteiger partial charge >= 0.3 is 0 Å². The van der Waals surface area contributed by atoms with Crippen molar-refractivity contribution in [2.24, 2.45) is 5.84 Å². The van der Waals surface area contributed by atoms with Crippen LogP contribution >= 0.6 is 28.3 Å². The van der Waals surface area contributed by atoms with Crippen LogP contribution in [0.4, 0.5) is 5.69 Å². The summed E-state index contributed by atoms with van der Waals surface area (Å²) in [4.78, 5) is 44.8. The highest BCUT2D eigenvalue weighted by molar-refractivity contribution is 9.10. The van der Waals surface area contributed by atoms with E-state index in [1.54, 1.807) is 0 Å². The number of nitrogens with zero attached hydrogens (tertiary/aromatic N) is 7. The van der Waals surface area contributed by atoms with Crippen LogP contribution in [0.3, 0.4) is 0 Å². The van der Waals surface area contributed by atoms with E-state index in [0.717, 1.165) is 128 Å². The Labute approximate surface area is 633 Å². The molecule has 520 valence electrons. The van der Waals surface area contributed by atoms with Crippen molar-refractivity contribution in [1.82, 2.24) is 43.2 Å². The molecule has 0 amide bonds. The lowest BCUT2D eigenvalue weighted by Crippen LogP contribution is -2.17. The van der Waals surface area contributed by atoms with Crippen molar-refractivity contribution in [3.8, 4) is 45.8 Å². The summed E-state index contributed by atoms with van der Waals surface area (Å²) in [7, 11) is 0. The van der Waals surface area contributed by atoms with E-state index in [1.165, 1.54) is 54.4 Å². The van der Waals surface area contributed by atoms with Gasteiger partial charge in [0.15, 0.2) is 17.4 Å². The first-order chi connectivity index (χ1) is 52.8. The summed E-state index contributed by atoms with van der Waals surface area (Å²) in [6.07, 6.45) is 2.78. The molecule has 1 aliphatic rings. The van der Waals surface area contributed by atoms with Crippen LogP contribution in [0.25, 0.3) is 177 Å². The first-order valence-electron chi connectivity index (χ1n) is 35.9. The van der Waals surface area contributed by atoms with E-state index in [9.17, 15) is 9.59 Å².